The molecule has 0 saturated heterocycles. The van der Waals surface area contributed by atoms with E-state index < -0.39 is 0 Å². The summed E-state index contributed by atoms with van der Waals surface area (Å²) >= 11 is 1.85. The van der Waals surface area contributed by atoms with E-state index in [4.69, 9.17) is 19.4 Å². The number of fused-ring (bicyclic) bond motifs is 6. The van der Waals surface area contributed by atoms with Gasteiger partial charge in [0.15, 0.2) is 17.5 Å². The normalized spacial score (nSPS) is 13.0. The Balaban J connectivity index is 1.20. The van der Waals surface area contributed by atoms with Crippen LogP contribution in [0.15, 0.2) is 126 Å². The zero-order valence-corrected chi connectivity index (χ0v) is 24.5. The van der Waals surface area contributed by atoms with Crippen molar-refractivity contribution in [3.63, 3.8) is 0 Å². The lowest BCUT2D eigenvalue weighted by Gasteiger charge is -2.15. The number of allylic oxidation sites excluding steroid dienone is 1. The molecule has 1 aliphatic carbocycles. The van der Waals surface area contributed by atoms with Gasteiger partial charge in [-0.05, 0) is 70.8 Å². The largest absolute Gasteiger partial charge is 0.456 e. The summed E-state index contributed by atoms with van der Waals surface area (Å²) in [4.78, 5) is 16.5. The lowest BCUT2D eigenvalue weighted by atomic mass is 9.95. The molecule has 0 N–H and O–H groups in total. The molecule has 0 fully saturated rings. The molecule has 0 spiro atoms. The van der Waals surface area contributed by atoms with Gasteiger partial charge < -0.3 is 4.42 Å². The number of aryl methyl sites for hydroxylation is 1. The molecule has 44 heavy (non-hydrogen) atoms. The number of aromatic nitrogens is 3. The molecule has 9 rings (SSSR count). The zero-order chi connectivity index (χ0) is 29.0. The number of thiophene rings is 1. The molecule has 0 bridgehead atoms. The highest BCUT2D eigenvalue weighted by molar-refractivity contribution is 7.20. The summed E-state index contributed by atoms with van der Waals surface area (Å²) in [7, 11) is 0. The number of rotatable bonds is 4. The van der Waals surface area contributed by atoms with Gasteiger partial charge in [0.2, 0.25) is 0 Å². The maximum absolute atomic E-state index is 6.18. The minimum atomic E-state index is 0.669. The van der Waals surface area contributed by atoms with Gasteiger partial charge >= 0.3 is 0 Å². The maximum atomic E-state index is 6.18. The highest BCUT2D eigenvalue weighted by Gasteiger charge is 2.21. The van der Waals surface area contributed by atoms with Crippen LogP contribution in [0.4, 0.5) is 0 Å². The van der Waals surface area contributed by atoms with Gasteiger partial charge in [0.1, 0.15) is 11.2 Å². The van der Waals surface area contributed by atoms with Gasteiger partial charge in [0, 0.05) is 31.5 Å². The van der Waals surface area contributed by atoms with Crippen molar-refractivity contribution in [2.24, 2.45) is 0 Å². The fraction of sp³-hybridized carbons (Fsp3) is 0.0513. The van der Waals surface area contributed by atoms with Gasteiger partial charge in [0.05, 0.1) is 0 Å². The molecule has 0 amide bonds. The van der Waals surface area contributed by atoms with Gasteiger partial charge in [-0.15, -0.1) is 11.3 Å². The van der Waals surface area contributed by atoms with Crippen LogP contribution in [0.2, 0.25) is 0 Å². The van der Waals surface area contributed by atoms with E-state index in [2.05, 4.69) is 91.0 Å². The van der Waals surface area contributed by atoms with Crippen molar-refractivity contribution < 1.29 is 4.42 Å². The lowest BCUT2D eigenvalue weighted by Crippen LogP contribution is -2.05. The summed E-state index contributed by atoms with van der Waals surface area (Å²) in [5.41, 5.74) is 8.50. The Morgan fingerprint density at radius 1 is 0.545 bits per heavy atom. The second-order valence-electron chi connectivity index (χ2n) is 11.1. The molecule has 0 saturated carbocycles. The Hall–Kier alpha value is -5.39. The Labute approximate surface area is 258 Å². The molecule has 0 atom stereocenters. The first-order chi connectivity index (χ1) is 21.8. The highest BCUT2D eigenvalue weighted by Crippen LogP contribution is 2.40. The second-order valence-corrected chi connectivity index (χ2v) is 12.2. The molecule has 3 heterocycles. The molecule has 0 radical (unpaired) electrons. The van der Waals surface area contributed by atoms with Crippen molar-refractivity contribution in [1.82, 2.24) is 15.0 Å². The Morgan fingerprint density at radius 2 is 1.23 bits per heavy atom. The number of hydrogen-bond acceptors (Lipinski definition) is 5. The fourth-order valence-electron chi connectivity index (χ4n) is 6.36. The average Bonchev–Trinajstić information content (AvgIpc) is 3.66. The first-order valence-electron chi connectivity index (χ1n) is 14.8. The van der Waals surface area contributed by atoms with Crippen LogP contribution in [0.1, 0.15) is 22.7 Å². The average molecular weight is 584 g/mol. The van der Waals surface area contributed by atoms with Gasteiger partial charge in [-0.1, -0.05) is 97.1 Å². The molecular weight excluding hydrogens is 559 g/mol. The molecule has 5 aromatic carbocycles. The van der Waals surface area contributed by atoms with E-state index >= 15 is 0 Å². The molecule has 4 nitrogen and oxygen atoms in total. The van der Waals surface area contributed by atoms with E-state index in [-0.39, 0.29) is 0 Å². The first-order valence-corrected chi connectivity index (χ1v) is 15.6. The van der Waals surface area contributed by atoms with E-state index in [0.717, 1.165) is 68.4 Å². The molecule has 5 heteroatoms. The fourth-order valence-corrected chi connectivity index (χ4v) is 7.59. The molecule has 1 aliphatic rings. The predicted molar refractivity (Wildman–Crippen MR) is 181 cm³/mol. The Morgan fingerprint density at radius 3 is 2.14 bits per heavy atom. The third-order valence-electron chi connectivity index (χ3n) is 8.47. The Kier molecular flexibility index (Phi) is 5.78. The quantitative estimate of drug-likeness (QED) is 0.207. The SMILES string of the molecule is C1=C(c2nc(-c3ccccc3)nc(-c3cccc(-c4cccc5oc6ccccc6c45)c3)n2)CCc2c1sc1ccccc21. The predicted octanol–water partition coefficient (Wildman–Crippen LogP) is 10.5. The summed E-state index contributed by atoms with van der Waals surface area (Å²) in [5.74, 6) is 2.09. The number of nitrogens with zero attached hydrogens (tertiary/aromatic N) is 3. The first kappa shape index (κ1) is 25.1. The van der Waals surface area contributed by atoms with Crippen LogP contribution in [0, 0.1) is 0 Å². The Bertz CT molecular complexity index is 2400. The van der Waals surface area contributed by atoms with Crippen molar-refractivity contribution in [3.8, 4) is 33.9 Å². The summed E-state index contributed by atoms with van der Waals surface area (Å²) in [5, 5.41) is 3.59. The standard InChI is InChI=1S/C39H25N3OS/c1-2-10-24(11-3-1)37-40-38(42-39(41-37)27-20-21-30-29-14-5-7-19-34(29)44-35(30)23-27)26-13-8-12-25(22-26)28-16-9-18-33-36(28)31-15-4-6-17-32(31)43-33/h1-19,22-23H,20-21H2. The smallest absolute Gasteiger partial charge is 0.164 e. The van der Waals surface area contributed by atoms with Crippen molar-refractivity contribution >= 4 is 55.0 Å². The molecule has 8 aromatic rings. The molecule has 3 aromatic heterocycles. The van der Waals surface area contributed by atoms with E-state index in [0.29, 0.717) is 11.6 Å². The number of furan rings is 1. The number of para-hydroxylation sites is 1. The summed E-state index contributed by atoms with van der Waals surface area (Å²) < 4.78 is 7.51. The van der Waals surface area contributed by atoms with Crippen LogP contribution < -0.4 is 0 Å². The highest BCUT2D eigenvalue weighted by atomic mass is 32.1. The third-order valence-corrected chi connectivity index (χ3v) is 9.63. The molecule has 208 valence electrons. The molecular formula is C39H25N3OS. The van der Waals surface area contributed by atoms with Crippen molar-refractivity contribution in [1.29, 1.82) is 0 Å². The van der Waals surface area contributed by atoms with Crippen LogP contribution in [0.3, 0.4) is 0 Å². The number of benzene rings is 5. The second kappa shape index (κ2) is 10.1. The van der Waals surface area contributed by atoms with Crippen LogP contribution in [-0.4, -0.2) is 15.0 Å². The van der Waals surface area contributed by atoms with E-state index in [1.807, 2.05) is 47.7 Å². The number of hydrogen-bond donors (Lipinski definition) is 0. The van der Waals surface area contributed by atoms with Gasteiger partial charge in [0.25, 0.3) is 0 Å². The van der Waals surface area contributed by atoms with Gasteiger partial charge in [-0.2, -0.15) is 0 Å². The third kappa shape index (κ3) is 4.16. The minimum absolute atomic E-state index is 0.669. The topological polar surface area (TPSA) is 51.8 Å². The van der Waals surface area contributed by atoms with Gasteiger partial charge in [-0.25, -0.2) is 15.0 Å². The summed E-state index contributed by atoms with van der Waals surface area (Å²) in [6, 6.07) is 41.8. The van der Waals surface area contributed by atoms with Crippen LogP contribution >= 0.6 is 11.3 Å². The summed E-state index contributed by atoms with van der Waals surface area (Å²) in [6.45, 7) is 0. The van der Waals surface area contributed by atoms with Crippen LogP contribution in [0.25, 0.3) is 77.6 Å². The summed E-state index contributed by atoms with van der Waals surface area (Å²) in [6.07, 6.45) is 4.16. The molecule has 0 aliphatic heterocycles. The minimum Gasteiger partial charge on any atom is -0.456 e. The zero-order valence-electron chi connectivity index (χ0n) is 23.7. The maximum Gasteiger partial charge on any atom is 0.164 e. The van der Waals surface area contributed by atoms with E-state index in [1.54, 1.807) is 0 Å². The van der Waals surface area contributed by atoms with Crippen LogP contribution in [0.5, 0.6) is 0 Å². The van der Waals surface area contributed by atoms with E-state index in [9.17, 15) is 0 Å². The van der Waals surface area contributed by atoms with Crippen LogP contribution in [-0.2, 0) is 6.42 Å². The van der Waals surface area contributed by atoms with Gasteiger partial charge in [-0.3, -0.25) is 0 Å². The monoisotopic (exact) mass is 583 g/mol. The van der Waals surface area contributed by atoms with Crippen molar-refractivity contribution in [3.05, 3.63) is 138 Å². The van der Waals surface area contributed by atoms with Crippen molar-refractivity contribution in [2.75, 3.05) is 0 Å². The van der Waals surface area contributed by atoms with Crippen molar-refractivity contribution in [2.45, 2.75) is 12.8 Å². The lowest BCUT2D eigenvalue weighted by molar-refractivity contribution is 0.669. The molecule has 0 unspecified atom stereocenters. The van der Waals surface area contributed by atoms with E-state index in [1.165, 1.54) is 20.5 Å².